The van der Waals surface area contributed by atoms with Crippen LogP contribution in [0.1, 0.15) is 26.2 Å². The Bertz CT molecular complexity index is 485. The van der Waals surface area contributed by atoms with Crippen LogP contribution in [0.25, 0.3) is 0 Å². The number of amides is 4. The molecule has 1 heterocycles. The van der Waals surface area contributed by atoms with E-state index in [1.807, 2.05) is 6.92 Å². The molecular weight excluding hydrogens is 272 g/mol. The van der Waals surface area contributed by atoms with Crippen LogP contribution in [0.5, 0.6) is 0 Å². The second kappa shape index (κ2) is 6.14. The van der Waals surface area contributed by atoms with Gasteiger partial charge in [-0.3, -0.25) is 19.8 Å². The molecule has 1 saturated heterocycles. The van der Waals surface area contributed by atoms with E-state index in [0.29, 0.717) is 12.8 Å². The van der Waals surface area contributed by atoms with Gasteiger partial charge in [0.15, 0.2) is 0 Å². The van der Waals surface area contributed by atoms with Gasteiger partial charge in [-0.25, -0.2) is 13.2 Å². The van der Waals surface area contributed by atoms with E-state index in [1.165, 1.54) is 0 Å². The van der Waals surface area contributed by atoms with Crippen LogP contribution in [0.2, 0.25) is 0 Å². The number of nitrogens with zero attached hydrogens (tertiary/aromatic N) is 1. The third-order valence-electron chi connectivity index (χ3n) is 2.83. The van der Waals surface area contributed by atoms with Gasteiger partial charge in [-0.1, -0.05) is 13.3 Å². The first-order valence-electron chi connectivity index (χ1n) is 6.10. The number of carbonyl (C=O) groups is 3. The molecule has 1 fully saturated rings. The lowest BCUT2D eigenvalue weighted by atomic mass is 9.99. The predicted molar refractivity (Wildman–Crippen MR) is 68.0 cm³/mol. The maximum absolute atomic E-state index is 12.0. The molecular formula is C11H18N2O5S. The topological polar surface area (TPSA) is 101 Å². The normalized spacial score (nSPS) is 20.6. The molecule has 0 aliphatic carbocycles. The van der Waals surface area contributed by atoms with E-state index in [1.54, 1.807) is 0 Å². The van der Waals surface area contributed by atoms with E-state index < -0.39 is 33.6 Å². The molecule has 0 aromatic carbocycles. The van der Waals surface area contributed by atoms with Crippen LogP contribution >= 0.6 is 0 Å². The third kappa shape index (κ3) is 4.30. The quantitative estimate of drug-likeness (QED) is 0.689. The molecule has 1 unspecified atom stereocenters. The van der Waals surface area contributed by atoms with Crippen molar-refractivity contribution in [1.29, 1.82) is 0 Å². The number of rotatable bonds is 6. The lowest BCUT2D eigenvalue weighted by Gasteiger charge is -2.29. The Hall–Kier alpha value is -1.44. The number of sulfone groups is 1. The van der Waals surface area contributed by atoms with Crippen LogP contribution in [0.15, 0.2) is 0 Å². The lowest BCUT2D eigenvalue weighted by Crippen LogP contribution is -2.58. The van der Waals surface area contributed by atoms with Crippen LogP contribution in [0.3, 0.4) is 0 Å². The molecule has 1 aliphatic rings. The molecule has 4 amide bonds. The van der Waals surface area contributed by atoms with Gasteiger partial charge in [0, 0.05) is 12.8 Å². The summed E-state index contributed by atoms with van der Waals surface area (Å²) in [6.07, 6.45) is 2.29. The highest BCUT2D eigenvalue weighted by molar-refractivity contribution is 7.90. The highest BCUT2D eigenvalue weighted by Crippen LogP contribution is 2.16. The second-order valence-electron chi connectivity index (χ2n) is 4.61. The van der Waals surface area contributed by atoms with Gasteiger partial charge in [-0.05, 0) is 12.8 Å². The fourth-order valence-corrected chi connectivity index (χ4v) is 2.55. The van der Waals surface area contributed by atoms with Gasteiger partial charge in [0.1, 0.15) is 15.8 Å². The van der Waals surface area contributed by atoms with E-state index in [4.69, 9.17) is 0 Å². The first kappa shape index (κ1) is 15.6. The van der Waals surface area contributed by atoms with Gasteiger partial charge in [-0.2, -0.15) is 0 Å². The van der Waals surface area contributed by atoms with E-state index in [0.717, 1.165) is 11.2 Å². The summed E-state index contributed by atoms with van der Waals surface area (Å²) in [6.45, 7) is 1.84. The molecule has 1 N–H and O–H groups in total. The van der Waals surface area contributed by atoms with E-state index >= 15 is 0 Å². The molecule has 108 valence electrons. The first-order chi connectivity index (χ1) is 8.76. The van der Waals surface area contributed by atoms with Crippen LogP contribution in [0, 0.1) is 5.92 Å². The summed E-state index contributed by atoms with van der Waals surface area (Å²) in [6, 6.07) is -0.768. The molecule has 0 saturated carbocycles. The van der Waals surface area contributed by atoms with Crippen molar-refractivity contribution in [2.24, 2.45) is 5.92 Å². The largest absolute Gasteiger partial charge is 0.330 e. The fraction of sp³-hybridized carbons (Fsp3) is 0.727. The van der Waals surface area contributed by atoms with Crippen molar-refractivity contribution in [1.82, 2.24) is 10.2 Å². The third-order valence-corrected chi connectivity index (χ3v) is 3.86. The Balaban J connectivity index is 2.68. The van der Waals surface area contributed by atoms with E-state index in [-0.39, 0.29) is 18.7 Å². The molecule has 7 nitrogen and oxygen atoms in total. The SMILES string of the molecule is CCCC1C(=O)NC(=O)N(CCCS(C)(=O)=O)C1=O. The molecule has 0 radical (unpaired) electrons. The smallest absolute Gasteiger partial charge is 0.277 e. The number of barbiturate groups is 1. The van der Waals surface area contributed by atoms with Gasteiger partial charge in [0.2, 0.25) is 11.8 Å². The van der Waals surface area contributed by atoms with Gasteiger partial charge in [0.25, 0.3) is 0 Å². The molecule has 0 aromatic rings. The van der Waals surface area contributed by atoms with Gasteiger partial charge in [-0.15, -0.1) is 0 Å². The Morgan fingerprint density at radius 1 is 1.26 bits per heavy atom. The van der Waals surface area contributed by atoms with Crippen molar-refractivity contribution in [3.63, 3.8) is 0 Å². The van der Waals surface area contributed by atoms with Crippen LogP contribution < -0.4 is 5.32 Å². The zero-order valence-electron chi connectivity index (χ0n) is 11.0. The minimum absolute atomic E-state index is 0.00519. The van der Waals surface area contributed by atoms with Crippen molar-refractivity contribution in [2.75, 3.05) is 18.6 Å². The molecule has 0 bridgehead atoms. The Morgan fingerprint density at radius 2 is 1.89 bits per heavy atom. The van der Waals surface area contributed by atoms with Gasteiger partial charge >= 0.3 is 6.03 Å². The lowest BCUT2D eigenvalue weighted by molar-refractivity contribution is -0.142. The molecule has 1 aliphatic heterocycles. The zero-order valence-corrected chi connectivity index (χ0v) is 11.8. The number of urea groups is 1. The van der Waals surface area contributed by atoms with Gasteiger partial charge in [0.05, 0.1) is 5.75 Å². The predicted octanol–water partition coefficient (Wildman–Crippen LogP) is -0.0842. The Kier molecular flexibility index (Phi) is 5.04. The van der Waals surface area contributed by atoms with Crippen molar-refractivity contribution >= 4 is 27.7 Å². The summed E-state index contributed by atoms with van der Waals surface area (Å²) in [5.41, 5.74) is 0. The highest BCUT2D eigenvalue weighted by Gasteiger charge is 2.39. The Labute approximate surface area is 112 Å². The maximum Gasteiger partial charge on any atom is 0.330 e. The summed E-state index contributed by atoms with van der Waals surface area (Å²) < 4.78 is 22.0. The number of hydrogen-bond donors (Lipinski definition) is 1. The summed E-state index contributed by atoms with van der Waals surface area (Å²) >= 11 is 0. The molecule has 8 heteroatoms. The zero-order chi connectivity index (χ0) is 14.6. The van der Waals surface area contributed by atoms with E-state index in [9.17, 15) is 22.8 Å². The number of hydrogen-bond acceptors (Lipinski definition) is 5. The van der Waals surface area contributed by atoms with Crippen molar-refractivity contribution in [3.05, 3.63) is 0 Å². The molecule has 1 atom stereocenters. The van der Waals surface area contributed by atoms with Crippen molar-refractivity contribution in [2.45, 2.75) is 26.2 Å². The van der Waals surface area contributed by atoms with E-state index in [2.05, 4.69) is 5.32 Å². The summed E-state index contributed by atoms with van der Waals surface area (Å²) in [7, 11) is -3.13. The number of nitrogens with one attached hydrogen (secondary N) is 1. The average Bonchev–Trinajstić information content (AvgIpc) is 2.27. The van der Waals surface area contributed by atoms with Crippen molar-refractivity contribution < 1.29 is 22.8 Å². The maximum atomic E-state index is 12.0. The highest BCUT2D eigenvalue weighted by atomic mass is 32.2. The standard InChI is InChI=1S/C11H18N2O5S/c1-3-5-8-9(14)12-11(16)13(10(8)15)6-4-7-19(2,17)18/h8H,3-7H2,1-2H3,(H,12,14,16). The molecule has 0 spiro atoms. The van der Waals surface area contributed by atoms with Crippen LogP contribution in [-0.4, -0.2) is 49.7 Å². The van der Waals surface area contributed by atoms with Crippen LogP contribution in [0.4, 0.5) is 4.79 Å². The number of imide groups is 2. The fourth-order valence-electron chi connectivity index (χ4n) is 1.90. The average molecular weight is 290 g/mol. The molecule has 0 aromatic heterocycles. The van der Waals surface area contributed by atoms with Crippen molar-refractivity contribution in [3.8, 4) is 0 Å². The summed E-state index contributed by atoms with van der Waals surface area (Å²) in [4.78, 5) is 36.0. The minimum atomic E-state index is -3.13. The molecule has 1 rings (SSSR count). The van der Waals surface area contributed by atoms with Gasteiger partial charge < -0.3 is 0 Å². The summed E-state index contributed by atoms with van der Waals surface area (Å²) in [5, 5.41) is 2.12. The van der Waals surface area contributed by atoms with Crippen LogP contribution in [-0.2, 0) is 19.4 Å². The first-order valence-corrected chi connectivity index (χ1v) is 8.16. The minimum Gasteiger partial charge on any atom is -0.277 e. The second-order valence-corrected chi connectivity index (χ2v) is 6.87. The Morgan fingerprint density at radius 3 is 2.42 bits per heavy atom. The monoisotopic (exact) mass is 290 g/mol. The summed E-state index contributed by atoms with van der Waals surface area (Å²) in [5.74, 6) is -2.06. The number of carbonyl (C=O) groups excluding carboxylic acids is 3. The molecule has 19 heavy (non-hydrogen) atoms.